The molecule has 3 heterocycles. The lowest BCUT2D eigenvalue weighted by Crippen LogP contribution is -2.32. The molecule has 31 heavy (non-hydrogen) atoms. The predicted molar refractivity (Wildman–Crippen MR) is 120 cm³/mol. The van der Waals surface area contributed by atoms with Crippen LogP contribution in [0.4, 0.5) is 5.69 Å². The SMILES string of the molecule is Cn1cc(S(=O)(=O)N2CCCC2)cc1C(=O)N(Cc1ccccn1)c1ccc(Cl)cc1. The van der Waals surface area contributed by atoms with Crippen LogP contribution in [-0.2, 0) is 23.6 Å². The monoisotopic (exact) mass is 458 g/mol. The Labute approximate surface area is 186 Å². The van der Waals surface area contributed by atoms with Gasteiger partial charge in [0.1, 0.15) is 10.6 Å². The first-order chi connectivity index (χ1) is 14.9. The first-order valence-electron chi connectivity index (χ1n) is 10.00. The normalized spacial score (nSPS) is 14.6. The number of benzene rings is 1. The van der Waals surface area contributed by atoms with Gasteiger partial charge in [0.15, 0.2) is 0 Å². The zero-order valence-corrected chi connectivity index (χ0v) is 18.7. The molecule has 1 aliphatic heterocycles. The Morgan fingerprint density at radius 1 is 1.13 bits per heavy atom. The molecule has 0 unspecified atom stereocenters. The van der Waals surface area contributed by atoms with E-state index in [0.29, 0.717) is 29.5 Å². The summed E-state index contributed by atoms with van der Waals surface area (Å²) in [5.41, 5.74) is 1.64. The molecule has 1 aromatic carbocycles. The van der Waals surface area contributed by atoms with Gasteiger partial charge in [-0.1, -0.05) is 17.7 Å². The molecule has 2 aromatic heterocycles. The Kier molecular flexibility index (Phi) is 6.13. The number of hydrogen-bond donors (Lipinski definition) is 0. The summed E-state index contributed by atoms with van der Waals surface area (Å²) in [5.74, 6) is -0.321. The average molecular weight is 459 g/mol. The molecule has 0 radical (unpaired) electrons. The van der Waals surface area contributed by atoms with Gasteiger partial charge in [-0.05, 0) is 55.3 Å². The lowest BCUT2D eigenvalue weighted by Gasteiger charge is -2.23. The van der Waals surface area contributed by atoms with Gasteiger partial charge >= 0.3 is 0 Å². The highest BCUT2D eigenvalue weighted by Crippen LogP contribution is 2.26. The first kappa shape index (κ1) is 21.5. The highest BCUT2D eigenvalue weighted by atomic mass is 35.5. The van der Waals surface area contributed by atoms with Crippen molar-refractivity contribution in [1.82, 2.24) is 13.9 Å². The van der Waals surface area contributed by atoms with Crippen LogP contribution in [0.15, 0.2) is 65.8 Å². The van der Waals surface area contributed by atoms with Crippen molar-refractivity contribution in [3.63, 3.8) is 0 Å². The van der Waals surface area contributed by atoms with E-state index in [2.05, 4.69) is 4.98 Å². The summed E-state index contributed by atoms with van der Waals surface area (Å²) in [6, 6.07) is 13.9. The van der Waals surface area contributed by atoms with E-state index < -0.39 is 10.0 Å². The maximum atomic E-state index is 13.6. The summed E-state index contributed by atoms with van der Waals surface area (Å²) >= 11 is 6.02. The molecule has 0 saturated carbocycles. The van der Waals surface area contributed by atoms with Crippen LogP contribution in [0.1, 0.15) is 29.0 Å². The first-order valence-corrected chi connectivity index (χ1v) is 11.8. The number of carbonyl (C=O) groups excluding carboxylic acids is 1. The number of hydrogen-bond acceptors (Lipinski definition) is 4. The number of sulfonamides is 1. The van der Waals surface area contributed by atoms with Gasteiger partial charge in [-0.25, -0.2) is 8.42 Å². The lowest BCUT2D eigenvalue weighted by atomic mass is 10.2. The summed E-state index contributed by atoms with van der Waals surface area (Å²) in [6.45, 7) is 1.26. The number of amides is 1. The molecule has 0 spiro atoms. The third kappa shape index (κ3) is 4.51. The molecule has 0 atom stereocenters. The van der Waals surface area contributed by atoms with E-state index >= 15 is 0 Å². The highest BCUT2D eigenvalue weighted by Gasteiger charge is 2.30. The molecule has 1 saturated heterocycles. The lowest BCUT2D eigenvalue weighted by molar-refractivity contribution is 0.0977. The summed E-state index contributed by atoms with van der Waals surface area (Å²) < 4.78 is 28.9. The van der Waals surface area contributed by atoms with Crippen molar-refractivity contribution in [2.75, 3.05) is 18.0 Å². The number of anilines is 1. The van der Waals surface area contributed by atoms with Gasteiger partial charge in [0.05, 0.1) is 12.2 Å². The Morgan fingerprint density at radius 2 is 1.84 bits per heavy atom. The van der Waals surface area contributed by atoms with Crippen molar-refractivity contribution in [2.24, 2.45) is 7.05 Å². The number of aryl methyl sites for hydroxylation is 1. The van der Waals surface area contributed by atoms with Gasteiger partial charge in [0, 0.05) is 43.2 Å². The molecule has 0 aliphatic carbocycles. The Hall–Kier alpha value is -2.68. The molecular weight excluding hydrogens is 436 g/mol. The Balaban J connectivity index is 1.70. The molecule has 1 amide bonds. The molecular formula is C22H23ClN4O3S. The van der Waals surface area contributed by atoms with Crippen LogP contribution < -0.4 is 4.90 Å². The van der Waals surface area contributed by atoms with Crippen LogP contribution in [0.2, 0.25) is 5.02 Å². The van der Waals surface area contributed by atoms with E-state index in [-0.39, 0.29) is 23.0 Å². The molecule has 9 heteroatoms. The molecule has 0 bridgehead atoms. The topological polar surface area (TPSA) is 75.5 Å². The number of pyridine rings is 1. The summed E-state index contributed by atoms with van der Waals surface area (Å²) in [6.07, 6.45) is 4.88. The minimum atomic E-state index is -3.62. The standard InChI is InChI=1S/C22H23ClN4O3S/c1-25-16-20(31(29,30)26-12-4-5-13-26)14-21(25)22(28)27(15-18-6-2-3-11-24-18)19-9-7-17(23)8-10-19/h2-3,6-11,14,16H,4-5,12-13,15H2,1H3. The highest BCUT2D eigenvalue weighted by molar-refractivity contribution is 7.89. The molecule has 162 valence electrons. The zero-order valence-electron chi connectivity index (χ0n) is 17.1. The minimum absolute atomic E-state index is 0.133. The third-order valence-electron chi connectivity index (χ3n) is 5.33. The number of rotatable bonds is 6. The number of aromatic nitrogens is 2. The van der Waals surface area contributed by atoms with Crippen molar-refractivity contribution >= 4 is 33.2 Å². The molecule has 3 aromatic rings. The predicted octanol–water partition coefficient (Wildman–Crippen LogP) is 3.71. The van der Waals surface area contributed by atoms with Crippen LogP contribution in [0.25, 0.3) is 0 Å². The average Bonchev–Trinajstić information content (AvgIpc) is 3.44. The van der Waals surface area contributed by atoms with Crippen LogP contribution in [-0.4, -0.2) is 41.3 Å². The van der Waals surface area contributed by atoms with E-state index in [1.807, 2.05) is 18.2 Å². The summed E-state index contributed by atoms with van der Waals surface area (Å²) in [5, 5.41) is 0.562. The van der Waals surface area contributed by atoms with Crippen molar-refractivity contribution in [3.05, 3.63) is 77.3 Å². The second-order valence-electron chi connectivity index (χ2n) is 7.47. The van der Waals surface area contributed by atoms with Gasteiger partial charge in [0.2, 0.25) is 10.0 Å². The fraction of sp³-hybridized carbons (Fsp3) is 0.273. The van der Waals surface area contributed by atoms with Crippen LogP contribution >= 0.6 is 11.6 Å². The van der Waals surface area contributed by atoms with Gasteiger partial charge in [-0.3, -0.25) is 9.78 Å². The van der Waals surface area contributed by atoms with Crippen molar-refractivity contribution in [2.45, 2.75) is 24.3 Å². The van der Waals surface area contributed by atoms with E-state index in [9.17, 15) is 13.2 Å². The van der Waals surface area contributed by atoms with Crippen LogP contribution in [0, 0.1) is 0 Å². The second-order valence-corrected chi connectivity index (χ2v) is 9.85. The van der Waals surface area contributed by atoms with Gasteiger partial charge < -0.3 is 9.47 Å². The van der Waals surface area contributed by atoms with Gasteiger partial charge in [-0.2, -0.15) is 4.31 Å². The molecule has 0 N–H and O–H groups in total. The molecule has 4 rings (SSSR count). The maximum absolute atomic E-state index is 13.6. The van der Waals surface area contributed by atoms with Crippen molar-refractivity contribution < 1.29 is 13.2 Å². The van der Waals surface area contributed by atoms with Gasteiger partial charge in [0.25, 0.3) is 5.91 Å². The number of carbonyl (C=O) groups is 1. The molecule has 1 fully saturated rings. The van der Waals surface area contributed by atoms with Crippen molar-refractivity contribution in [1.29, 1.82) is 0 Å². The fourth-order valence-electron chi connectivity index (χ4n) is 3.66. The van der Waals surface area contributed by atoms with E-state index in [1.54, 1.807) is 47.0 Å². The smallest absolute Gasteiger partial charge is 0.275 e. The van der Waals surface area contributed by atoms with E-state index in [1.165, 1.54) is 16.6 Å². The van der Waals surface area contributed by atoms with E-state index in [0.717, 1.165) is 12.8 Å². The van der Waals surface area contributed by atoms with Crippen molar-refractivity contribution in [3.8, 4) is 0 Å². The number of nitrogens with zero attached hydrogens (tertiary/aromatic N) is 4. The Morgan fingerprint density at radius 3 is 2.48 bits per heavy atom. The van der Waals surface area contributed by atoms with Gasteiger partial charge in [-0.15, -0.1) is 0 Å². The maximum Gasteiger partial charge on any atom is 0.275 e. The fourth-order valence-corrected chi connectivity index (χ4v) is 5.37. The van der Waals surface area contributed by atoms with E-state index in [4.69, 9.17) is 11.6 Å². The molecule has 1 aliphatic rings. The Bertz CT molecular complexity index is 1170. The largest absolute Gasteiger partial charge is 0.345 e. The third-order valence-corrected chi connectivity index (χ3v) is 7.45. The quantitative estimate of drug-likeness (QED) is 0.564. The number of halogens is 1. The molecule has 7 nitrogen and oxygen atoms in total. The summed E-state index contributed by atoms with van der Waals surface area (Å²) in [4.78, 5) is 19.6. The second kappa shape index (κ2) is 8.82. The zero-order chi connectivity index (χ0) is 22.0. The van der Waals surface area contributed by atoms with Crippen LogP contribution in [0.3, 0.4) is 0 Å². The summed E-state index contributed by atoms with van der Waals surface area (Å²) in [7, 11) is -1.94. The minimum Gasteiger partial charge on any atom is -0.345 e. The van der Waals surface area contributed by atoms with Crippen LogP contribution in [0.5, 0.6) is 0 Å².